The Labute approximate surface area is 199 Å². The Morgan fingerprint density at radius 2 is 1.82 bits per heavy atom. The van der Waals surface area contributed by atoms with Crippen molar-refractivity contribution in [1.29, 1.82) is 0 Å². The smallest absolute Gasteiger partial charge is 0.406 e. The number of rotatable bonds is 8. The second-order valence-electron chi connectivity index (χ2n) is 7.78. The summed E-state index contributed by atoms with van der Waals surface area (Å²) in [5.74, 6) is -1.38. The number of carbonyl (C=O) groups is 2. The standard InChI is InChI=1S/C24H23ClF3N3O3/c1-15-11-20(17(3)30(15)14-24(26,27)28)21(32)13-34-22(33)10-9-19-16(2)29-31(23(19)25)12-18-7-5-4-6-8-18/h4-11H,12-14H2,1-3H3/b10-9+. The highest BCUT2D eigenvalue weighted by molar-refractivity contribution is 6.31. The summed E-state index contributed by atoms with van der Waals surface area (Å²) in [5, 5.41) is 4.73. The number of Topliss-reactive ketones (excluding diaryl/α,β-unsaturated/α-hetero) is 1. The van der Waals surface area contributed by atoms with Crippen molar-refractivity contribution in [2.45, 2.75) is 40.0 Å². The van der Waals surface area contributed by atoms with E-state index in [0.29, 0.717) is 28.6 Å². The fourth-order valence-corrected chi connectivity index (χ4v) is 3.83. The maximum Gasteiger partial charge on any atom is 0.406 e. The number of halogens is 4. The summed E-state index contributed by atoms with van der Waals surface area (Å²) in [7, 11) is 0. The number of carbonyl (C=O) groups excluding carboxylic acids is 2. The van der Waals surface area contributed by atoms with Gasteiger partial charge in [0.2, 0.25) is 5.78 Å². The molecule has 6 nitrogen and oxygen atoms in total. The van der Waals surface area contributed by atoms with Crippen molar-refractivity contribution in [3.05, 3.63) is 81.4 Å². The molecule has 1 aromatic carbocycles. The topological polar surface area (TPSA) is 66.1 Å². The van der Waals surface area contributed by atoms with Gasteiger partial charge in [0.25, 0.3) is 0 Å². The number of aromatic nitrogens is 3. The fraction of sp³-hybridized carbons (Fsp3) is 0.292. The summed E-state index contributed by atoms with van der Waals surface area (Å²) in [5.41, 5.74) is 2.70. The van der Waals surface area contributed by atoms with E-state index in [-0.39, 0.29) is 11.3 Å². The molecule has 0 atom stereocenters. The normalized spacial score (nSPS) is 11.9. The molecule has 0 aliphatic heterocycles. The lowest BCUT2D eigenvalue weighted by Gasteiger charge is -2.12. The third-order valence-corrected chi connectivity index (χ3v) is 5.63. The van der Waals surface area contributed by atoms with Crippen molar-refractivity contribution in [3.63, 3.8) is 0 Å². The van der Waals surface area contributed by atoms with Crippen LogP contribution in [0.3, 0.4) is 0 Å². The summed E-state index contributed by atoms with van der Waals surface area (Å²) in [6.07, 6.45) is -1.84. The Hall–Kier alpha value is -3.33. The van der Waals surface area contributed by atoms with Crippen molar-refractivity contribution < 1.29 is 27.5 Å². The van der Waals surface area contributed by atoms with E-state index >= 15 is 0 Å². The molecular formula is C24H23ClF3N3O3. The number of nitrogens with zero attached hydrogens (tertiary/aromatic N) is 3. The zero-order chi connectivity index (χ0) is 25.0. The second kappa shape index (κ2) is 10.3. The van der Waals surface area contributed by atoms with Crippen LogP contribution in [0, 0.1) is 20.8 Å². The number of esters is 1. The minimum atomic E-state index is -4.42. The third-order valence-electron chi connectivity index (χ3n) is 5.23. The number of ether oxygens (including phenoxy) is 1. The Kier molecular flexibility index (Phi) is 7.66. The Balaban J connectivity index is 1.63. The molecule has 0 fully saturated rings. The van der Waals surface area contributed by atoms with Gasteiger partial charge in [-0.1, -0.05) is 41.9 Å². The lowest BCUT2D eigenvalue weighted by Crippen LogP contribution is -2.20. The average Bonchev–Trinajstić information content (AvgIpc) is 3.19. The molecule has 2 aromatic heterocycles. The number of alkyl halides is 3. The molecule has 0 aliphatic carbocycles. The quantitative estimate of drug-likeness (QED) is 0.242. The van der Waals surface area contributed by atoms with E-state index in [1.807, 2.05) is 30.3 Å². The molecule has 0 radical (unpaired) electrons. The van der Waals surface area contributed by atoms with Crippen molar-refractivity contribution in [3.8, 4) is 0 Å². The van der Waals surface area contributed by atoms with Gasteiger partial charge in [0.05, 0.1) is 12.2 Å². The first-order chi connectivity index (χ1) is 16.0. The zero-order valence-electron chi connectivity index (χ0n) is 18.8. The zero-order valence-corrected chi connectivity index (χ0v) is 19.6. The predicted octanol–water partition coefficient (Wildman–Crippen LogP) is 5.31. The molecule has 0 saturated heterocycles. The molecule has 0 bridgehead atoms. The van der Waals surface area contributed by atoms with Crippen LogP contribution in [0.4, 0.5) is 13.2 Å². The van der Waals surface area contributed by atoms with E-state index in [0.717, 1.165) is 16.2 Å². The molecule has 2 heterocycles. The molecule has 3 aromatic rings. The Morgan fingerprint density at radius 1 is 1.15 bits per heavy atom. The third kappa shape index (κ3) is 6.17. The molecule has 0 N–H and O–H groups in total. The molecule has 34 heavy (non-hydrogen) atoms. The summed E-state index contributed by atoms with van der Waals surface area (Å²) in [6.45, 7) is 3.32. The number of hydrogen-bond donors (Lipinski definition) is 0. The number of aryl methyl sites for hydroxylation is 2. The van der Waals surface area contributed by atoms with Crippen molar-refractivity contribution in [1.82, 2.24) is 14.3 Å². The van der Waals surface area contributed by atoms with E-state index in [2.05, 4.69) is 5.10 Å². The highest BCUT2D eigenvalue weighted by Crippen LogP contribution is 2.24. The van der Waals surface area contributed by atoms with Gasteiger partial charge in [0, 0.05) is 28.6 Å². The molecular weight excluding hydrogens is 471 g/mol. The fourth-order valence-electron chi connectivity index (χ4n) is 3.54. The summed E-state index contributed by atoms with van der Waals surface area (Å²) >= 11 is 6.41. The summed E-state index contributed by atoms with van der Waals surface area (Å²) in [6, 6.07) is 11.0. The minimum Gasteiger partial charge on any atom is -0.454 e. The van der Waals surface area contributed by atoms with Crippen molar-refractivity contribution >= 4 is 29.4 Å². The van der Waals surface area contributed by atoms with Crippen LogP contribution in [-0.2, 0) is 22.6 Å². The van der Waals surface area contributed by atoms with E-state index < -0.39 is 31.1 Å². The lowest BCUT2D eigenvalue weighted by molar-refractivity contribution is -0.141. The SMILES string of the molecule is Cc1nn(Cc2ccccc2)c(Cl)c1/C=C/C(=O)OCC(=O)c1cc(C)n(CC(F)(F)F)c1C. The summed E-state index contributed by atoms with van der Waals surface area (Å²) < 4.78 is 45.9. The van der Waals surface area contributed by atoms with Gasteiger partial charge < -0.3 is 9.30 Å². The summed E-state index contributed by atoms with van der Waals surface area (Å²) in [4.78, 5) is 24.6. The monoisotopic (exact) mass is 493 g/mol. The molecule has 0 saturated carbocycles. The molecule has 0 spiro atoms. The van der Waals surface area contributed by atoms with Gasteiger partial charge in [0.1, 0.15) is 11.7 Å². The van der Waals surface area contributed by atoms with E-state index in [1.54, 1.807) is 11.6 Å². The maximum atomic E-state index is 12.8. The first-order valence-corrected chi connectivity index (χ1v) is 10.7. The van der Waals surface area contributed by atoms with Crippen LogP contribution in [0.5, 0.6) is 0 Å². The van der Waals surface area contributed by atoms with Crippen LogP contribution in [0.15, 0.2) is 42.5 Å². The Bertz CT molecular complexity index is 1230. The second-order valence-corrected chi connectivity index (χ2v) is 8.14. The van der Waals surface area contributed by atoms with Crippen molar-refractivity contribution in [2.75, 3.05) is 6.61 Å². The maximum absolute atomic E-state index is 12.8. The average molecular weight is 494 g/mol. The largest absolute Gasteiger partial charge is 0.454 e. The van der Waals surface area contributed by atoms with Gasteiger partial charge >= 0.3 is 12.1 Å². The lowest BCUT2D eigenvalue weighted by atomic mass is 10.1. The van der Waals surface area contributed by atoms with Crippen molar-refractivity contribution in [2.24, 2.45) is 0 Å². The number of hydrogen-bond acceptors (Lipinski definition) is 4. The van der Waals surface area contributed by atoms with Crippen LogP contribution in [0.1, 0.15) is 38.6 Å². The van der Waals surface area contributed by atoms with Gasteiger partial charge in [-0.3, -0.25) is 4.79 Å². The van der Waals surface area contributed by atoms with E-state index in [4.69, 9.17) is 16.3 Å². The first kappa shape index (κ1) is 25.3. The van der Waals surface area contributed by atoms with Gasteiger partial charge in [0.15, 0.2) is 6.61 Å². The van der Waals surface area contributed by atoms with Gasteiger partial charge in [-0.25, -0.2) is 9.48 Å². The van der Waals surface area contributed by atoms with Crippen LogP contribution >= 0.6 is 11.6 Å². The van der Waals surface area contributed by atoms with Gasteiger partial charge in [-0.15, -0.1) is 0 Å². The van der Waals surface area contributed by atoms with E-state index in [9.17, 15) is 22.8 Å². The molecule has 10 heteroatoms. The molecule has 180 valence electrons. The first-order valence-electron chi connectivity index (χ1n) is 10.3. The van der Waals surface area contributed by atoms with Crippen LogP contribution in [0.2, 0.25) is 5.15 Å². The molecule has 0 unspecified atom stereocenters. The molecule has 3 rings (SSSR count). The van der Waals surface area contributed by atoms with Crippen LogP contribution < -0.4 is 0 Å². The number of ketones is 1. The van der Waals surface area contributed by atoms with E-state index in [1.165, 1.54) is 26.0 Å². The Morgan fingerprint density at radius 3 is 2.47 bits per heavy atom. The van der Waals surface area contributed by atoms with Gasteiger partial charge in [-0.2, -0.15) is 18.3 Å². The van der Waals surface area contributed by atoms with Crippen LogP contribution in [-0.4, -0.2) is 38.9 Å². The molecule has 0 amide bonds. The minimum absolute atomic E-state index is 0.0830. The molecule has 0 aliphatic rings. The predicted molar refractivity (Wildman–Crippen MR) is 122 cm³/mol. The highest BCUT2D eigenvalue weighted by Gasteiger charge is 2.30. The van der Waals surface area contributed by atoms with Gasteiger partial charge in [-0.05, 0) is 38.5 Å². The highest BCUT2D eigenvalue weighted by atomic mass is 35.5. The van der Waals surface area contributed by atoms with Crippen LogP contribution in [0.25, 0.3) is 6.08 Å². The number of benzene rings is 1.